The number of benzene rings is 3. The monoisotopic (exact) mass is 478 g/mol. The molecule has 1 atom stereocenters. The van der Waals surface area contributed by atoms with E-state index in [1.807, 2.05) is 36.4 Å². The van der Waals surface area contributed by atoms with Gasteiger partial charge in [-0.15, -0.1) is 0 Å². The van der Waals surface area contributed by atoms with E-state index in [0.29, 0.717) is 0 Å². The van der Waals surface area contributed by atoms with Crippen LogP contribution in [0, 0.1) is 0 Å². The van der Waals surface area contributed by atoms with Crippen molar-refractivity contribution < 1.29 is 24.2 Å². The Balaban J connectivity index is 1.40. The molecule has 0 saturated carbocycles. The van der Waals surface area contributed by atoms with Crippen molar-refractivity contribution in [3.63, 3.8) is 0 Å². The highest BCUT2D eigenvalue weighted by molar-refractivity contribution is 6.34. The van der Waals surface area contributed by atoms with Crippen LogP contribution in [0.15, 0.2) is 66.7 Å². The van der Waals surface area contributed by atoms with Crippen LogP contribution in [-0.4, -0.2) is 35.7 Å². The third-order valence-corrected chi connectivity index (χ3v) is 6.14. The molecule has 34 heavy (non-hydrogen) atoms. The highest BCUT2D eigenvalue weighted by Gasteiger charge is 2.29. The molecule has 0 fully saturated rings. The Hall–Kier alpha value is -3.84. The molecular formula is C26H23ClN2O5. The first-order valence-corrected chi connectivity index (χ1v) is 11.2. The molecule has 0 spiro atoms. The fourth-order valence-corrected chi connectivity index (χ4v) is 4.31. The summed E-state index contributed by atoms with van der Waals surface area (Å²) in [5.74, 6) is -1.75. The molecule has 1 aliphatic rings. The minimum Gasteiger partial charge on any atom is -0.480 e. The van der Waals surface area contributed by atoms with Crippen molar-refractivity contribution >= 4 is 35.3 Å². The fraction of sp³-hybridized carbons (Fsp3) is 0.192. The van der Waals surface area contributed by atoms with Gasteiger partial charge in [0.05, 0.1) is 10.7 Å². The number of halogens is 1. The van der Waals surface area contributed by atoms with Crippen LogP contribution in [0.2, 0.25) is 5.02 Å². The lowest BCUT2D eigenvalue weighted by Gasteiger charge is -2.15. The van der Waals surface area contributed by atoms with Gasteiger partial charge in [0.15, 0.2) is 0 Å². The minimum absolute atomic E-state index is 0.0690. The molecule has 0 unspecified atom stereocenters. The Kier molecular flexibility index (Phi) is 6.84. The predicted molar refractivity (Wildman–Crippen MR) is 129 cm³/mol. The number of nitrogens with one attached hydrogen (secondary N) is 2. The maximum absolute atomic E-state index is 12.5. The quantitative estimate of drug-likeness (QED) is 0.427. The Labute approximate surface area is 201 Å². The van der Waals surface area contributed by atoms with Crippen LogP contribution in [0.1, 0.15) is 40.7 Å². The van der Waals surface area contributed by atoms with E-state index < -0.39 is 24.0 Å². The molecule has 3 N–H and O–H groups in total. The number of aliphatic carboxylic acids is 1. The van der Waals surface area contributed by atoms with Crippen molar-refractivity contribution in [1.29, 1.82) is 0 Å². The summed E-state index contributed by atoms with van der Waals surface area (Å²) in [4.78, 5) is 35.9. The van der Waals surface area contributed by atoms with Gasteiger partial charge in [0.25, 0.3) is 5.91 Å². The Morgan fingerprint density at radius 3 is 2.18 bits per heavy atom. The van der Waals surface area contributed by atoms with Gasteiger partial charge in [0.1, 0.15) is 12.6 Å². The van der Waals surface area contributed by atoms with Crippen molar-refractivity contribution in [3.05, 3.63) is 88.4 Å². The summed E-state index contributed by atoms with van der Waals surface area (Å²) in [6.45, 7) is 1.82. The Morgan fingerprint density at radius 1 is 1.00 bits per heavy atom. The summed E-state index contributed by atoms with van der Waals surface area (Å²) in [6.07, 6.45) is -0.422. The molecule has 0 bridgehead atoms. The van der Waals surface area contributed by atoms with Crippen LogP contribution in [-0.2, 0) is 9.53 Å². The zero-order chi connectivity index (χ0) is 24.2. The van der Waals surface area contributed by atoms with E-state index in [-0.39, 0.29) is 35.2 Å². The van der Waals surface area contributed by atoms with Crippen LogP contribution in [0.25, 0.3) is 11.1 Å². The smallest absolute Gasteiger partial charge is 0.411 e. The van der Waals surface area contributed by atoms with E-state index in [1.165, 1.54) is 18.2 Å². The van der Waals surface area contributed by atoms with Crippen molar-refractivity contribution in [2.75, 3.05) is 11.9 Å². The summed E-state index contributed by atoms with van der Waals surface area (Å²) < 4.78 is 5.52. The van der Waals surface area contributed by atoms with Crippen LogP contribution in [0.4, 0.5) is 10.5 Å². The Morgan fingerprint density at radius 2 is 1.62 bits per heavy atom. The molecule has 3 aromatic rings. The SMILES string of the molecule is CC[C@H](NC(=O)c1ccc(NC(=O)OCC2c3ccccc3-c3ccccc32)c(Cl)c1)C(=O)O. The average molecular weight is 479 g/mol. The number of carbonyl (C=O) groups is 3. The summed E-state index contributed by atoms with van der Waals surface area (Å²) in [7, 11) is 0. The molecule has 4 rings (SSSR count). The third kappa shape index (κ3) is 4.75. The topological polar surface area (TPSA) is 105 Å². The minimum atomic E-state index is -1.12. The Bertz CT molecular complexity index is 1210. The molecule has 0 aliphatic heterocycles. The zero-order valence-electron chi connectivity index (χ0n) is 18.4. The normalized spacial score (nSPS) is 12.9. The number of carboxylic acids is 1. The summed E-state index contributed by atoms with van der Waals surface area (Å²) >= 11 is 6.25. The van der Waals surface area contributed by atoms with Gasteiger partial charge in [-0.1, -0.05) is 67.1 Å². The lowest BCUT2D eigenvalue weighted by molar-refractivity contribution is -0.139. The predicted octanol–water partition coefficient (Wildman–Crippen LogP) is 5.29. The number of ether oxygens (including phenoxy) is 1. The number of rotatable bonds is 7. The standard InChI is InChI=1S/C26H23ClN2O5/c1-2-22(25(31)32)28-24(30)15-11-12-23(21(27)13-15)29-26(33)34-14-20-18-9-5-3-7-16(18)17-8-4-6-10-19(17)20/h3-13,20,22H,2,14H2,1H3,(H,28,30)(H,29,33)(H,31,32)/t22-/m0/s1. The van der Waals surface area contributed by atoms with Crippen molar-refractivity contribution in [2.45, 2.75) is 25.3 Å². The van der Waals surface area contributed by atoms with E-state index in [2.05, 4.69) is 22.8 Å². The molecule has 2 amide bonds. The maximum atomic E-state index is 12.5. The molecule has 174 valence electrons. The van der Waals surface area contributed by atoms with E-state index in [4.69, 9.17) is 21.4 Å². The number of fused-ring (bicyclic) bond motifs is 3. The van der Waals surface area contributed by atoms with Crippen molar-refractivity contribution in [2.24, 2.45) is 0 Å². The summed E-state index contributed by atoms with van der Waals surface area (Å²) in [5, 5.41) is 14.3. The second-order valence-electron chi connectivity index (χ2n) is 7.92. The van der Waals surface area contributed by atoms with E-state index in [9.17, 15) is 14.4 Å². The molecule has 0 saturated heterocycles. The largest absolute Gasteiger partial charge is 0.480 e. The van der Waals surface area contributed by atoms with Gasteiger partial charge in [0.2, 0.25) is 0 Å². The molecule has 0 heterocycles. The van der Waals surface area contributed by atoms with Gasteiger partial charge >= 0.3 is 12.1 Å². The zero-order valence-corrected chi connectivity index (χ0v) is 19.1. The van der Waals surface area contributed by atoms with Crippen LogP contribution < -0.4 is 10.6 Å². The van der Waals surface area contributed by atoms with Gasteiger partial charge in [0, 0.05) is 11.5 Å². The van der Waals surface area contributed by atoms with Gasteiger partial charge < -0.3 is 15.2 Å². The lowest BCUT2D eigenvalue weighted by Crippen LogP contribution is -2.40. The third-order valence-electron chi connectivity index (χ3n) is 5.82. The first-order valence-electron chi connectivity index (χ1n) is 10.8. The van der Waals surface area contributed by atoms with Gasteiger partial charge in [-0.05, 0) is 46.9 Å². The van der Waals surface area contributed by atoms with Gasteiger partial charge in [-0.2, -0.15) is 0 Å². The molecule has 1 aliphatic carbocycles. The van der Waals surface area contributed by atoms with Crippen molar-refractivity contribution in [3.8, 4) is 11.1 Å². The molecule has 0 radical (unpaired) electrons. The average Bonchev–Trinajstić information content (AvgIpc) is 3.16. The van der Waals surface area contributed by atoms with Crippen LogP contribution in [0.3, 0.4) is 0 Å². The number of hydrogen-bond acceptors (Lipinski definition) is 4. The molecule has 8 heteroatoms. The highest BCUT2D eigenvalue weighted by atomic mass is 35.5. The second-order valence-corrected chi connectivity index (χ2v) is 8.32. The number of carbonyl (C=O) groups excluding carboxylic acids is 2. The molecular weight excluding hydrogens is 456 g/mol. The molecule has 3 aromatic carbocycles. The van der Waals surface area contributed by atoms with E-state index in [0.717, 1.165) is 22.3 Å². The van der Waals surface area contributed by atoms with Crippen molar-refractivity contribution in [1.82, 2.24) is 5.32 Å². The van der Waals surface area contributed by atoms with E-state index in [1.54, 1.807) is 6.92 Å². The van der Waals surface area contributed by atoms with Crippen LogP contribution >= 0.6 is 11.6 Å². The second kappa shape index (κ2) is 9.97. The molecule has 7 nitrogen and oxygen atoms in total. The number of carboxylic acid groups (broad SMARTS) is 1. The lowest BCUT2D eigenvalue weighted by atomic mass is 9.98. The molecule has 0 aromatic heterocycles. The van der Waals surface area contributed by atoms with E-state index >= 15 is 0 Å². The number of anilines is 1. The van der Waals surface area contributed by atoms with Gasteiger partial charge in [-0.25, -0.2) is 9.59 Å². The fourth-order valence-electron chi connectivity index (χ4n) is 4.08. The summed E-state index contributed by atoms with van der Waals surface area (Å²) in [5.41, 5.74) is 4.95. The first kappa shape index (κ1) is 23.3. The maximum Gasteiger partial charge on any atom is 0.411 e. The number of amides is 2. The summed E-state index contributed by atoms with van der Waals surface area (Å²) in [6, 6.07) is 19.4. The highest BCUT2D eigenvalue weighted by Crippen LogP contribution is 2.44. The first-order chi connectivity index (χ1) is 16.4. The van der Waals surface area contributed by atoms with Crippen LogP contribution in [0.5, 0.6) is 0 Å². The van der Waals surface area contributed by atoms with Gasteiger partial charge in [-0.3, -0.25) is 10.1 Å². The number of hydrogen-bond donors (Lipinski definition) is 3.